The lowest BCUT2D eigenvalue weighted by atomic mass is 9.48. The zero-order valence-electron chi connectivity index (χ0n) is 15.5. The van der Waals surface area contributed by atoms with Gasteiger partial charge in [-0.2, -0.15) is 0 Å². The van der Waals surface area contributed by atoms with E-state index in [1.165, 1.54) is 62.5 Å². The SMILES string of the molecule is C=C1C=C2CCC3C(CCC4(C)C(C(=C)CC)CCC34)C2(C)C1. The topological polar surface area (TPSA) is 0 Å². The molecule has 0 radical (unpaired) electrons. The smallest absolute Gasteiger partial charge is 0.00421 e. The molecular weight excluding hydrogens is 276 g/mol. The van der Waals surface area contributed by atoms with Crippen LogP contribution in [0.1, 0.15) is 72.1 Å². The fourth-order valence-corrected chi connectivity index (χ4v) is 7.49. The molecule has 4 aliphatic rings. The van der Waals surface area contributed by atoms with Crippen LogP contribution in [0.15, 0.2) is 36.0 Å². The molecule has 0 heterocycles. The summed E-state index contributed by atoms with van der Waals surface area (Å²) in [6.07, 6.45) is 13.3. The second-order valence-corrected chi connectivity index (χ2v) is 9.52. The van der Waals surface area contributed by atoms with Crippen molar-refractivity contribution in [2.75, 3.05) is 0 Å². The Labute approximate surface area is 143 Å². The van der Waals surface area contributed by atoms with Gasteiger partial charge in [0.05, 0.1) is 0 Å². The molecule has 126 valence electrons. The zero-order chi connectivity index (χ0) is 16.4. The molecule has 0 bridgehead atoms. The van der Waals surface area contributed by atoms with E-state index in [9.17, 15) is 0 Å². The summed E-state index contributed by atoms with van der Waals surface area (Å²) in [4.78, 5) is 0. The van der Waals surface area contributed by atoms with Crippen molar-refractivity contribution in [2.24, 2.45) is 34.5 Å². The molecule has 0 aromatic rings. The number of allylic oxidation sites excluding steroid dienone is 4. The highest BCUT2D eigenvalue weighted by molar-refractivity contribution is 5.38. The Morgan fingerprint density at radius 3 is 2.70 bits per heavy atom. The van der Waals surface area contributed by atoms with Crippen molar-refractivity contribution < 1.29 is 0 Å². The number of hydrogen-bond acceptors (Lipinski definition) is 0. The van der Waals surface area contributed by atoms with Gasteiger partial charge in [-0.05, 0) is 85.9 Å². The molecule has 4 aliphatic carbocycles. The highest BCUT2D eigenvalue weighted by Gasteiger charge is 2.59. The Morgan fingerprint density at radius 2 is 1.96 bits per heavy atom. The van der Waals surface area contributed by atoms with Crippen LogP contribution in [0.25, 0.3) is 0 Å². The van der Waals surface area contributed by atoms with Gasteiger partial charge in [0, 0.05) is 0 Å². The Morgan fingerprint density at radius 1 is 1.17 bits per heavy atom. The summed E-state index contributed by atoms with van der Waals surface area (Å²) < 4.78 is 0. The molecule has 0 spiro atoms. The van der Waals surface area contributed by atoms with Crippen LogP contribution in [0.3, 0.4) is 0 Å². The molecule has 4 rings (SSSR count). The first-order valence-electron chi connectivity index (χ1n) is 9.96. The van der Waals surface area contributed by atoms with E-state index in [0.717, 1.165) is 23.7 Å². The predicted octanol–water partition coefficient (Wildman–Crippen LogP) is 6.70. The number of hydrogen-bond donors (Lipinski definition) is 0. The average molecular weight is 311 g/mol. The molecule has 0 aliphatic heterocycles. The second kappa shape index (κ2) is 5.11. The molecule has 3 fully saturated rings. The molecule has 0 nitrogen and oxygen atoms in total. The first-order valence-corrected chi connectivity index (χ1v) is 9.96. The molecule has 23 heavy (non-hydrogen) atoms. The summed E-state index contributed by atoms with van der Waals surface area (Å²) in [5, 5.41) is 0. The van der Waals surface area contributed by atoms with Gasteiger partial charge in [-0.25, -0.2) is 0 Å². The van der Waals surface area contributed by atoms with Crippen molar-refractivity contribution in [1.29, 1.82) is 0 Å². The molecule has 6 unspecified atom stereocenters. The van der Waals surface area contributed by atoms with E-state index >= 15 is 0 Å². The Balaban J connectivity index is 1.65. The summed E-state index contributed by atoms with van der Waals surface area (Å²) in [5.41, 5.74) is 5.65. The maximum absolute atomic E-state index is 4.45. The van der Waals surface area contributed by atoms with Crippen molar-refractivity contribution in [3.8, 4) is 0 Å². The van der Waals surface area contributed by atoms with Gasteiger partial charge in [-0.1, -0.05) is 56.7 Å². The molecule has 0 N–H and O–H groups in total. The van der Waals surface area contributed by atoms with Gasteiger partial charge in [0.2, 0.25) is 0 Å². The highest BCUT2D eigenvalue weighted by Crippen LogP contribution is 2.68. The first-order chi connectivity index (χ1) is 10.9. The van der Waals surface area contributed by atoms with E-state index in [-0.39, 0.29) is 0 Å². The van der Waals surface area contributed by atoms with E-state index in [0.29, 0.717) is 10.8 Å². The minimum Gasteiger partial charge on any atom is -0.0996 e. The summed E-state index contributed by atoms with van der Waals surface area (Å²) in [6, 6.07) is 0. The van der Waals surface area contributed by atoms with Crippen LogP contribution in [0.4, 0.5) is 0 Å². The first kappa shape index (κ1) is 15.7. The van der Waals surface area contributed by atoms with E-state index in [1.54, 1.807) is 5.57 Å². The van der Waals surface area contributed by atoms with Gasteiger partial charge in [-0.3, -0.25) is 0 Å². The maximum Gasteiger partial charge on any atom is -0.00421 e. The third kappa shape index (κ3) is 2.02. The molecule has 0 saturated heterocycles. The van der Waals surface area contributed by atoms with Crippen molar-refractivity contribution in [3.05, 3.63) is 36.0 Å². The summed E-state index contributed by atoms with van der Waals surface area (Å²) in [5.74, 6) is 3.61. The van der Waals surface area contributed by atoms with Gasteiger partial charge in [-0.15, -0.1) is 0 Å². The minimum atomic E-state index is 0.446. The van der Waals surface area contributed by atoms with E-state index < -0.39 is 0 Å². The minimum absolute atomic E-state index is 0.446. The van der Waals surface area contributed by atoms with E-state index in [1.807, 2.05) is 0 Å². The van der Waals surface area contributed by atoms with Gasteiger partial charge < -0.3 is 0 Å². The van der Waals surface area contributed by atoms with Crippen LogP contribution in [-0.4, -0.2) is 0 Å². The van der Waals surface area contributed by atoms with Crippen LogP contribution in [0.2, 0.25) is 0 Å². The van der Waals surface area contributed by atoms with Gasteiger partial charge >= 0.3 is 0 Å². The zero-order valence-corrected chi connectivity index (χ0v) is 15.5. The lowest BCUT2D eigenvalue weighted by Gasteiger charge is -2.56. The lowest BCUT2D eigenvalue weighted by molar-refractivity contribution is -0.0391. The third-order valence-electron chi connectivity index (χ3n) is 8.66. The molecule has 0 aromatic carbocycles. The largest absolute Gasteiger partial charge is 0.0996 e. The molecule has 0 amide bonds. The Kier molecular flexibility index (Phi) is 3.49. The monoisotopic (exact) mass is 310 g/mol. The third-order valence-corrected chi connectivity index (χ3v) is 8.66. The normalized spacial score (nSPS) is 48.5. The van der Waals surface area contributed by atoms with E-state index in [4.69, 9.17) is 0 Å². The second-order valence-electron chi connectivity index (χ2n) is 9.52. The fraction of sp³-hybridized carbons (Fsp3) is 0.739. The number of rotatable bonds is 2. The van der Waals surface area contributed by atoms with Crippen LogP contribution in [-0.2, 0) is 0 Å². The van der Waals surface area contributed by atoms with Crippen LogP contribution in [0.5, 0.6) is 0 Å². The lowest BCUT2D eigenvalue weighted by Crippen LogP contribution is -2.49. The van der Waals surface area contributed by atoms with Crippen LogP contribution < -0.4 is 0 Å². The Bertz CT molecular complexity index is 579. The van der Waals surface area contributed by atoms with Crippen LogP contribution in [0, 0.1) is 34.5 Å². The van der Waals surface area contributed by atoms with Gasteiger partial charge in [0.1, 0.15) is 0 Å². The summed E-state index contributed by atoms with van der Waals surface area (Å²) in [6.45, 7) is 16.2. The predicted molar refractivity (Wildman–Crippen MR) is 99.1 cm³/mol. The molecular formula is C23H34. The fourth-order valence-electron chi connectivity index (χ4n) is 7.49. The highest BCUT2D eigenvalue weighted by atomic mass is 14.6. The number of fused-ring (bicyclic) bond motifs is 5. The van der Waals surface area contributed by atoms with Crippen molar-refractivity contribution in [1.82, 2.24) is 0 Å². The van der Waals surface area contributed by atoms with Crippen molar-refractivity contribution in [2.45, 2.75) is 72.1 Å². The molecule has 6 atom stereocenters. The molecule has 3 saturated carbocycles. The standard InChI is InChI=1S/C23H34/c1-6-16(3)19-9-10-20-18-8-7-17-13-15(2)14-23(17,5)21(18)11-12-22(19,20)4/h13,18-21H,2-3,6-12,14H2,1,4-5H3. The Hall–Kier alpha value is -0.780. The molecule has 0 heteroatoms. The van der Waals surface area contributed by atoms with Crippen LogP contribution >= 0.6 is 0 Å². The van der Waals surface area contributed by atoms with Crippen molar-refractivity contribution in [3.63, 3.8) is 0 Å². The van der Waals surface area contributed by atoms with Crippen molar-refractivity contribution >= 4 is 0 Å². The average Bonchev–Trinajstić information content (AvgIpc) is 3.01. The van der Waals surface area contributed by atoms with Gasteiger partial charge in [0.15, 0.2) is 0 Å². The van der Waals surface area contributed by atoms with E-state index in [2.05, 4.69) is 40.0 Å². The quantitative estimate of drug-likeness (QED) is 0.498. The van der Waals surface area contributed by atoms with Gasteiger partial charge in [0.25, 0.3) is 0 Å². The summed E-state index contributed by atoms with van der Waals surface area (Å²) in [7, 11) is 0. The maximum atomic E-state index is 4.45. The summed E-state index contributed by atoms with van der Waals surface area (Å²) >= 11 is 0. The molecule has 0 aromatic heterocycles.